The van der Waals surface area contributed by atoms with Crippen LogP contribution in [0.1, 0.15) is 62.2 Å². The molecule has 1 saturated heterocycles. The Bertz CT molecular complexity index is 861. The van der Waals surface area contributed by atoms with Crippen molar-refractivity contribution in [2.24, 2.45) is 0 Å². The first-order chi connectivity index (χ1) is 15.7. The summed E-state index contributed by atoms with van der Waals surface area (Å²) in [5.74, 6) is 0.723. The number of carbonyl (C=O) groups excluding carboxylic acids is 2. The predicted octanol–water partition coefficient (Wildman–Crippen LogP) is 5.32. The molecule has 2 N–H and O–H groups in total. The molecule has 0 bridgehead atoms. The van der Waals surface area contributed by atoms with Crippen LogP contribution in [0.25, 0.3) is 0 Å². The predicted molar refractivity (Wildman–Crippen MR) is 129 cm³/mol. The van der Waals surface area contributed by atoms with Crippen molar-refractivity contribution in [1.29, 1.82) is 0 Å². The van der Waals surface area contributed by atoms with Crippen molar-refractivity contribution in [3.63, 3.8) is 0 Å². The van der Waals surface area contributed by atoms with Gasteiger partial charge < -0.3 is 20.3 Å². The van der Waals surface area contributed by atoms with Gasteiger partial charge in [0, 0.05) is 30.0 Å². The van der Waals surface area contributed by atoms with Gasteiger partial charge in [-0.1, -0.05) is 38.7 Å². The van der Waals surface area contributed by atoms with Crippen molar-refractivity contribution in [2.75, 3.05) is 36.9 Å². The van der Waals surface area contributed by atoms with Crippen molar-refractivity contribution in [3.05, 3.63) is 54.1 Å². The number of hydrogen-bond donors (Lipinski definition) is 2. The van der Waals surface area contributed by atoms with Gasteiger partial charge >= 0.3 is 0 Å². The van der Waals surface area contributed by atoms with Crippen molar-refractivity contribution < 1.29 is 14.3 Å². The summed E-state index contributed by atoms with van der Waals surface area (Å²) >= 11 is 0. The van der Waals surface area contributed by atoms with Crippen molar-refractivity contribution in [1.82, 2.24) is 4.90 Å². The van der Waals surface area contributed by atoms with E-state index in [4.69, 9.17) is 4.74 Å². The number of ether oxygens (including phenoxy) is 1. The zero-order valence-electron chi connectivity index (χ0n) is 19.1. The Morgan fingerprint density at radius 2 is 1.69 bits per heavy atom. The number of unbranched alkanes of at least 4 members (excludes halogenated alkanes) is 4. The molecule has 1 fully saturated rings. The highest BCUT2D eigenvalue weighted by molar-refractivity contribution is 5.96. The van der Waals surface area contributed by atoms with Crippen LogP contribution in [-0.2, 0) is 4.79 Å². The SMILES string of the molecule is CCCCCCCOc1ccc(NC(=O)CNc2cccc(C(=O)N3CCCC3)c2)cc1. The average Bonchev–Trinajstić information content (AvgIpc) is 3.36. The molecular weight excluding hydrogens is 402 g/mol. The lowest BCUT2D eigenvalue weighted by atomic mass is 10.1. The number of rotatable bonds is 12. The lowest BCUT2D eigenvalue weighted by Gasteiger charge is -2.16. The third-order valence-corrected chi connectivity index (χ3v) is 5.61. The molecule has 0 unspecified atom stereocenters. The molecule has 0 aliphatic carbocycles. The van der Waals surface area contributed by atoms with E-state index in [2.05, 4.69) is 17.6 Å². The molecule has 2 aromatic rings. The summed E-state index contributed by atoms with van der Waals surface area (Å²) in [5.41, 5.74) is 2.14. The zero-order valence-corrected chi connectivity index (χ0v) is 19.1. The molecule has 0 aromatic heterocycles. The maximum Gasteiger partial charge on any atom is 0.253 e. The van der Waals surface area contributed by atoms with Gasteiger partial charge in [0.2, 0.25) is 5.91 Å². The fraction of sp³-hybridized carbons (Fsp3) is 0.462. The van der Waals surface area contributed by atoms with E-state index >= 15 is 0 Å². The van der Waals surface area contributed by atoms with Crippen LogP contribution in [0.5, 0.6) is 5.75 Å². The van der Waals surface area contributed by atoms with Gasteiger partial charge in [0.05, 0.1) is 13.2 Å². The molecule has 1 heterocycles. The van der Waals surface area contributed by atoms with Gasteiger partial charge in [-0.25, -0.2) is 0 Å². The second-order valence-corrected chi connectivity index (χ2v) is 8.27. The van der Waals surface area contributed by atoms with Crippen molar-refractivity contribution in [3.8, 4) is 5.75 Å². The van der Waals surface area contributed by atoms with Crippen LogP contribution in [0.3, 0.4) is 0 Å². The second-order valence-electron chi connectivity index (χ2n) is 8.27. The van der Waals surface area contributed by atoms with E-state index < -0.39 is 0 Å². The lowest BCUT2D eigenvalue weighted by molar-refractivity contribution is -0.114. The zero-order chi connectivity index (χ0) is 22.6. The summed E-state index contributed by atoms with van der Waals surface area (Å²) in [6, 6.07) is 14.8. The van der Waals surface area contributed by atoms with E-state index in [1.807, 2.05) is 53.4 Å². The van der Waals surface area contributed by atoms with E-state index in [9.17, 15) is 9.59 Å². The normalized spacial score (nSPS) is 13.1. The van der Waals surface area contributed by atoms with Gasteiger partial charge in [0.1, 0.15) is 5.75 Å². The minimum Gasteiger partial charge on any atom is -0.494 e. The van der Waals surface area contributed by atoms with Crippen LogP contribution in [0, 0.1) is 0 Å². The van der Waals surface area contributed by atoms with Gasteiger partial charge in [-0.3, -0.25) is 9.59 Å². The maximum atomic E-state index is 12.5. The Morgan fingerprint density at radius 1 is 0.938 bits per heavy atom. The quantitative estimate of drug-likeness (QED) is 0.441. The number of amides is 2. The number of anilines is 2. The Labute approximate surface area is 191 Å². The molecule has 6 nitrogen and oxygen atoms in total. The molecular formula is C26H35N3O3. The highest BCUT2D eigenvalue weighted by Crippen LogP contribution is 2.18. The summed E-state index contributed by atoms with van der Waals surface area (Å²) in [7, 11) is 0. The maximum absolute atomic E-state index is 12.5. The smallest absolute Gasteiger partial charge is 0.253 e. The number of nitrogens with zero attached hydrogens (tertiary/aromatic N) is 1. The Morgan fingerprint density at radius 3 is 2.44 bits per heavy atom. The molecule has 0 spiro atoms. The van der Waals surface area contributed by atoms with Gasteiger partial charge in [-0.05, 0) is 61.7 Å². The van der Waals surface area contributed by atoms with E-state index in [0.29, 0.717) is 5.56 Å². The molecule has 3 rings (SSSR count). The van der Waals surface area contributed by atoms with E-state index in [1.54, 1.807) is 0 Å². The number of nitrogens with one attached hydrogen (secondary N) is 2. The molecule has 172 valence electrons. The molecule has 1 aliphatic heterocycles. The molecule has 0 saturated carbocycles. The summed E-state index contributed by atoms with van der Waals surface area (Å²) in [6.45, 7) is 4.70. The van der Waals surface area contributed by atoms with Crippen molar-refractivity contribution >= 4 is 23.2 Å². The van der Waals surface area contributed by atoms with E-state index in [1.165, 1.54) is 25.7 Å². The molecule has 1 aliphatic rings. The standard InChI is InChI=1S/C26H35N3O3/c1-2-3-4-5-8-18-32-24-14-12-22(13-15-24)28-25(30)20-27-23-11-9-10-21(19-23)26(31)29-16-6-7-17-29/h9-15,19,27H,2-8,16-18,20H2,1H3,(H,28,30). The average molecular weight is 438 g/mol. The van der Waals surface area contributed by atoms with Gasteiger partial charge in [0.25, 0.3) is 5.91 Å². The van der Waals surface area contributed by atoms with Gasteiger partial charge in [-0.15, -0.1) is 0 Å². The Hall–Kier alpha value is -3.02. The third kappa shape index (κ3) is 7.59. The number of carbonyl (C=O) groups is 2. The summed E-state index contributed by atoms with van der Waals surface area (Å²) in [4.78, 5) is 26.7. The van der Waals surface area contributed by atoms with Crippen molar-refractivity contribution in [2.45, 2.75) is 51.9 Å². The number of likely N-dealkylation sites (tertiary alicyclic amines) is 1. The molecule has 6 heteroatoms. The minimum atomic E-state index is -0.147. The van der Waals surface area contributed by atoms with Crippen LogP contribution >= 0.6 is 0 Å². The van der Waals surface area contributed by atoms with Crippen LogP contribution in [0.4, 0.5) is 11.4 Å². The summed E-state index contributed by atoms with van der Waals surface area (Å²) < 4.78 is 5.76. The van der Waals surface area contributed by atoms with E-state index in [-0.39, 0.29) is 18.4 Å². The van der Waals surface area contributed by atoms with E-state index in [0.717, 1.165) is 56.1 Å². The monoisotopic (exact) mass is 437 g/mol. The minimum absolute atomic E-state index is 0.0545. The van der Waals surface area contributed by atoms with Crippen LogP contribution < -0.4 is 15.4 Å². The Kier molecular flexibility index (Phi) is 9.41. The molecule has 0 atom stereocenters. The molecule has 0 radical (unpaired) electrons. The fourth-order valence-corrected chi connectivity index (χ4v) is 3.78. The number of benzene rings is 2. The Balaban J connectivity index is 1.40. The third-order valence-electron chi connectivity index (χ3n) is 5.61. The summed E-state index contributed by atoms with van der Waals surface area (Å²) in [5, 5.41) is 5.98. The van der Waals surface area contributed by atoms with Gasteiger partial charge in [0.15, 0.2) is 0 Å². The summed E-state index contributed by atoms with van der Waals surface area (Å²) in [6.07, 6.45) is 8.18. The highest BCUT2D eigenvalue weighted by atomic mass is 16.5. The van der Waals surface area contributed by atoms with Crippen LogP contribution in [0.15, 0.2) is 48.5 Å². The first kappa shape index (κ1) is 23.6. The van der Waals surface area contributed by atoms with Gasteiger partial charge in [-0.2, -0.15) is 0 Å². The largest absolute Gasteiger partial charge is 0.494 e. The topological polar surface area (TPSA) is 70.7 Å². The number of hydrogen-bond acceptors (Lipinski definition) is 4. The highest BCUT2D eigenvalue weighted by Gasteiger charge is 2.19. The van der Waals surface area contributed by atoms with Crippen LogP contribution in [-0.4, -0.2) is 43.0 Å². The first-order valence-electron chi connectivity index (χ1n) is 11.8. The molecule has 2 amide bonds. The fourth-order valence-electron chi connectivity index (χ4n) is 3.78. The second kappa shape index (κ2) is 12.7. The molecule has 2 aromatic carbocycles. The van der Waals surface area contributed by atoms with Crippen LogP contribution in [0.2, 0.25) is 0 Å². The first-order valence-corrected chi connectivity index (χ1v) is 11.8. The lowest BCUT2D eigenvalue weighted by Crippen LogP contribution is -2.27. The molecule has 32 heavy (non-hydrogen) atoms.